The number of nitrogens with one attached hydrogen (secondary N) is 1. The fourth-order valence-corrected chi connectivity index (χ4v) is 2.57. The molecule has 2 N–H and O–H groups in total. The highest BCUT2D eigenvalue weighted by Crippen LogP contribution is 2.21. The molecular formula is C16H28N2O3. The van der Waals surface area contributed by atoms with Crippen molar-refractivity contribution in [1.82, 2.24) is 10.5 Å². The number of hydrogen-bond acceptors (Lipinski definition) is 4. The minimum Gasteiger partial charge on any atom is -0.393 e. The van der Waals surface area contributed by atoms with Crippen molar-refractivity contribution in [2.45, 2.75) is 66.4 Å². The highest BCUT2D eigenvalue weighted by Gasteiger charge is 2.22. The van der Waals surface area contributed by atoms with Gasteiger partial charge in [0.1, 0.15) is 5.76 Å². The predicted molar refractivity (Wildman–Crippen MR) is 82.1 cm³/mol. The summed E-state index contributed by atoms with van der Waals surface area (Å²) in [7, 11) is 0. The second-order valence-corrected chi connectivity index (χ2v) is 6.41. The van der Waals surface area contributed by atoms with E-state index >= 15 is 0 Å². The highest BCUT2D eigenvalue weighted by atomic mass is 16.5. The lowest BCUT2D eigenvalue weighted by Crippen LogP contribution is -2.36. The number of carbonyl (C=O) groups is 1. The Morgan fingerprint density at radius 2 is 2.05 bits per heavy atom. The van der Waals surface area contributed by atoms with Crippen LogP contribution in [0.3, 0.4) is 0 Å². The molecule has 1 rings (SSSR count). The van der Waals surface area contributed by atoms with Crippen LogP contribution >= 0.6 is 0 Å². The van der Waals surface area contributed by atoms with Crippen molar-refractivity contribution >= 4 is 5.91 Å². The Morgan fingerprint density at radius 3 is 2.57 bits per heavy atom. The highest BCUT2D eigenvalue weighted by molar-refractivity contribution is 5.79. The topological polar surface area (TPSA) is 75.4 Å². The Kier molecular flexibility index (Phi) is 6.40. The molecule has 0 saturated heterocycles. The molecule has 1 heterocycles. The SMILES string of the molecule is CCc1noc(CC)c1CC(=O)NCC(C)(C)CC(C)O. The summed E-state index contributed by atoms with van der Waals surface area (Å²) in [5.74, 6) is 0.770. The Labute approximate surface area is 127 Å². The number of aromatic nitrogens is 1. The van der Waals surface area contributed by atoms with Crippen LogP contribution in [0.5, 0.6) is 0 Å². The molecule has 0 aliphatic carbocycles. The average Bonchev–Trinajstić information content (AvgIpc) is 2.77. The maximum atomic E-state index is 12.1. The summed E-state index contributed by atoms with van der Waals surface area (Å²) < 4.78 is 5.27. The number of nitrogens with zero attached hydrogens (tertiary/aromatic N) is 1. The number of aryl methyl sites for hydroxylation is 2. The summed E-state index contributed by atoms with van der Waals surface area (Å²) in [4.78, 5) is 12.1. The van der Waals surface area contributed by atoms with Gasteiger partial charge in [0, 0.05) is 18.5 Å². The van der Waals surface area contributed by atoms with E-state index in [9.17, 15) is 9.90 Å². The molecule has 0 saturated carbocycles. The second kappa shape index (κ2) is 7.59. The molecule has 0 bridgehead atoms. The normalized spacial score (nSPS) is 13.2. The summed E-state index contributed by atoms with van der Waals surface area (Å²) in [5.41, 5.74) is 1.66. The molecule has 1 aromatic rings. The third kappa shape index (κ3) is 5.50. The van der Waals surface area contributed by atoms with E-state index in [0.29, 0.717) is 19.4 Å². The lowest BCUT2D eigenvalue weighted by atomic mass is 9.87. The fraction of sp³-hybridized carbons (Fsp3) is 0.750. The minimum absolute atomic E-state index is 0.0266. The van der Waals surface area contributed by atoms with E-state index in [0.717, 1.165) is 29.9 Å². The number of carbonyl (C=O) groups excluding carboxylic acids is 1. The first-order valence-corrected chi connectivity index (χ1v) is 7.70. The van der Waals surface area contributed by atoms with Crippen LogP contribution in [-0.4, -0.2) is 28.8 Å². The van der Waals surface area contributed by atoms with E-state index in [1.165, 1.54) is 0 Å². The predicted octanol–water partition coefficient (Wildman–Crippen LogP) is 2.26. The lowest BCUT2D eigenvalue weighted by molar-refractivity contribution is -0.121. The Bertz CT molecular complexity index is 443. The van der Waals surface area contributed by atoms with Crippen LogP contribution in [0.25, 0.3) is 0 Å². The van der Waals surface area contributed by atoms with Gasteiger partial charge in [0.05, 0.1) is 18.2 Å². The van der Waals surface area contributed by atoms with Crippen molar-refractivity contribution in [3.05, 3.63) is 17.0 Å². The molecule has 1 atom stereocenters. The van der Waals surface area contributed by atoms with Crippen LogP contribution in [0.4, 0.5) is 0 Å². The summed E-state index contributed by atoms with van der Waals surface area (Å²) >= 11 is 0. The van der Waals surface area contributed by atoms with Gasteiger partial charge < -0.3 is 14.9 Å². The monoisotopic (exact) mass is 296 g/mol. The summed E-state index contributed by atoms with van der Waals surface area (Å²) in [6.07, 6.45) is 2.10. The van der Waals surface area contributed by atoms with Crippen LogP contribution in [0.1, 0.15) is 58.1 Å². The smallest absolute Gasteiger partial charge is 0.224 e. The number of aliphatic hydroxyl groups excluding tert-OH is 1. The van der Waals surface area contributed by atoms with Crippen molar-refractivity contribution in [1.29, 1.82) is 0 Å². The molecule has 0 fully saturated rings. The van der Waals surface area contributed by atoms with Gasteiger partial charge in [0.15, 0.2) is 0 Å². The van der Waals surface area contributed by atoms with Crippen molar-refractivity contribution in [3.8, 4) is 0 Å². The number of aliphatic hydroxyl groups is 1. The van der Waals surface area contributed by atoms with Crippen molar-refractivity contribution in [2.24, 2.45) is 5.41 Å². The standard InChI is InChI=1S/C16H28N2O3/c1-6-13-12(14(7-2)21-18-13)8-15(20)17-10-16(4,5)9-11(3)19/h11,19H,6-10H2,1-5H3,(H,17,20). The molecule has 5 nitrogen and oxygen atoms in total. The number of amides is 1. The van der Waals surface area contributed by atoms with Gasteiger partial charge >= 0.3 is 0 Å². The van der Waals surface area contributed by atoms with E-state index < -0.39 is 0 Å². The number of hydrogen-bond donors (Lipinski definition) is 2. The molecule has 21 heavy (non-hydrogen) atoms. The van der Waals surface area contributed by atoms with Crippen LogP contribution < -0.4 is 5.32 Å². The van der Waals surface area contributed by atoms with Gasteiger partial charge in [-0.1, -0.05) is 32.9 Å². The molecule has 1 amide bonds. The molecule has 0 aliphatic heterocycles. The molecule has 0 radical (unpaired) electrons. The molecule has 120 valence electrons. The quantitative estimate of drug-likeness (QED) is 0.771. The lowest BCUT2D eigenvalue weighted by Gasteiger charge is -2.26. The van der Waals surface area contributed by atoms with Gasteiger partial charge in [-0.3, -0.25) is 4.79 Å². The maximum Gasteiger partial charge on any atom is 0.224 e. The van der Waals surface area contributed by atoms with Gasteiger partial charge in [-0.2, -0.15) is 0 Å². The van der Waals surface area contributed by atoms with E-state index in [4.69, 9.17) is 4.52 Å². The van der Waals surface area contributed by atoms with Gasteiger partial charge in [0.25, 0.3) is 0 Å². The molecule has 1 unspecified atom stereocenters. The average molecular weight is 296 g/mol. The summed E-state index contributed by atoms with van der Waals surface area (Å²) in [6.45, 7) is 10.4. The van der Waals surface area contributed by atoms with Crippen molar-refractivity contribution in [3.63, 3.8) is 0 Å². The van der Waals surface area contributed by atoms with Crippen LogP contribution in [0, 0.1) is 5.41 Å². The maximum absolute atomic E-state index is 12.1. The van der Waals surface area contributed by atoms with Gasteiger partial charge in [0.2, 0.25) is 5.91 Å². The van der Waals surface area contributed by atoms with Crippen LogP contribution in [-0.2, 0) is 24.1 Å². The Hall–Kier alpha value is -1.36. The van der Waals surface area contributed by atoms with E-state index in [2.05, 4.69) is 10.5 Å². The number of rotatable bonds is 8. The van der Waals surface area contributed by atoms with Crippen LogP contribution in [0.2, 0.25) is 0 Å². The molecule has 1 aromatic heterocycles. The zero-order valence-electron chi connectivity index (χ0n) is 13.8. The van der Waals surface area contributed by atoms with Crippen LogP contribution in [0.15, 0.2) is 4.52 Å². The molecule has 0 aromatic carbocycles. The largest absolute Gasteiger partial charge is 0.393 e. The van der Waals surface area contributed by atoms with E-state index in [-0.39, 0.29) is 17.4 Å². The van der Waals surface area contributed by atoms with E-state index in [1.807, 2.05) is 27.7 Å². The molecular weight excluding hydrogens is 268 g/mol. The Morgan fingerprint density at radius 1 is 1.38 bits per heavy atom. The first-order chi connectivity index (χ1) is 9.79. The van der Waals surface area contributed by atoms with Crippen molar-refractivity contribution < 1.29 is 14.4 Å². The molecule has 0 spiro atoms. The summed E-state index contributed by atoms with van der Waals surface area (Å²) in [5, 5.41) is 16.4. The fourth-order valence-electron chi connectivity index (χ4n) is 2.57. The third-order valence-electron chi connectivity index (χ3n) is 3.56. The zero-order chi connectivity index (χ0) is 16.0. The minimum atomic E-state index is -0.367. The Balaban J connectivity index is 2.60. The summed E-state index contributed by atoms with van der Waals surface area (Å²) in [6, 6.07) is 0. The van der Waals surface area contributed by atoms with E-state index in [1.54, 1.807) is 6.92 Å². The molecule has 0 aliphatic rings. The first-order valence-electron chi connectivity index (χ1n) is 7.70. The molecule has 5 heteroatoms. The zero-order valence-corrected chi connectivity index (χ0v) is 13.8. The third-order valence-corrected chi connectivity index (χ3v) is 3.56. The second-order valence-electron chi connectivity index (χ2n) is 6.41. The van der Waals surface area contributed by atoms with Gasteiger partial charge in [-0.05, 0) is 25.2 Å². The van der Waals surface area contributed by atoms with Gasteiger partial charge in [-0.25, -0.2) is 0 Å². The van der Waals surface area contributed by atoms with Crippen molar-refractivity contribution in [2.75, 3.05) is 6.54 Å². The van der Waals surface area contributed by atoms with Gasteiger partial charge in [-0.15, -0.1) is 0 Å². The first kappa shape index (κ1) is 17.7.